The van der Waals surface area contributed by atoms with E-state index >= 15 is 0 Å². The average molecular weight is 677 g/mol. The lowest BCUT2D eigenvalue weighted by Gasteiger charge is -2.31. The van der Waals surface area contributed by atoms with Crippen LogP contribution in [0.2, 0.25) is 0 Å². The van der Waals surface area contributed by atoms with E-state index in [1.165, 1.54) is 0 Å². The van der Waals surface area contributed by atoms with E-state index in [9.17, 15) is 19.5 Å². The number of hydrogen-bond donors (Lipinski definition) is 3. The molecule has 2 amide bonds. The number of hydrogen-bond acceptors (Lipinski definition) is 5. The molecule has 6 rings (SSSR count). The monoisotopic (exact) mass is 676 g/mol. The van der Waals surface area contributed by atoms with Crippen LogP contribution < -0.4 is 20.1 Å². The molecule has 254 valence electrons. The van der Waals surface area contributed by atoms with E-state index in [0.29, 0.717) is 29.3 Å². The smallest absolute Gasteiger partial charge is 0.417 e. The van der Waals surface area contributed by atoms with Crippen molar-refractivity contribution >= 4 is 29.5 Å². The number of anilines is 2. The third kappa shape index (κ3) is 8.87. The first-order valence-electron chi connectivity index (χ1n) is 16.5. The Morgan fingerprint density at radius 3 is 1.22 bits per heavy atom. The lowest BCUT2D eigenvalue weighted by molar-refractivity contribution is -0.137. The predicted molar refractivity (Wildman–Crippen MR) is 199 cm³/mol. The molecule has 0 spiro atoms. The highest BCUT2D eigenvalue weighted by Crippen LogP contribution is 2.38. The molecule has 0 unspecified atom stereocenters. The van der Waals surface area contributed by atoms with Crippen LogP contribution >= 0.6 is 0 Å². The number of amides is 2. The lowest BCUT2D eigenvalue weighted by Crippen LogP contribution is -2.25. The van der Waals surface area contributed by atoms with E-state index in [-0.39, 0.29) is 6.42 Å². The van der Waals surface area contributed by atoms with Gasteiger partial charge in [-0.05, 0) is 88.3 Å². The van der Waals surface area contributed by atoms with Crippen molar-refractivity contribution in [2.75, 3.05) is 10.6 Å². The summed E-state index contributed by atoms with van der Waals surface area (Å²) in [5.41, 5.74) is 6.37. The van der Waals surface area contributed by atoms with Gasteiger partial charge in [0.05, 0.1) is 0 Å². The number of aliphatic carboxylic acids is 1. The summed E-state index contributed by atoms with van der Waals surface area (Å²) in [7, 11) is 0. The van der Waals surface area contributed by atoms with Gasteiger partial charge in [0.25, 0.3) is 0 Å². The molecule has 8 heteroatoms. The summed E-state index contributed by atoms with van der Waals surface area (Å²) >= 11 is 0. The van der Waals surface area contributed by atoms with E-state index in [4.69, 9.17) is 9.47 Å². The standard InChI is InChI=1S/C43H36N2O6/c1-43(29-28-40(46)47,34-16-24-38(25-17-34)50-41(48)44-36-20-12-32(13-21-36)30-8-4-2-5-9-30)35-18-26-39(27-19-35)51-42(49)45-37-22-14-33(15-23-37)31-10-6-3-7-11-31/h2-27H,28-29H2,1H3,(H,44,48)(H,45,49)(H,46,47). The number of benzene rings is 6. The van der Waals surface area contributed by atoms with Crippen LogP contribution in [-0.2, 0) is 10.2 Å². The molecule has 6 aromatic carbocycles. The maximum atomic E-state index is 12.7. The Bertz CT molecular complexity index is 1940. The number of carbonyl (C=O) groups is 3. The van der Waals surface area contributed by atoms with Crippen LogP contribution in [-0.4, -0.2) is 23.3 Å². The highest BCUT2D eigenvalue weighted by molar-refractivity contribution is 5.87. The summed E-state index contributed by atoms with van der Waals surface area (Å²) in [4.78, 5) is 36.9. The van der Waals surface area contributed by atoms with Gasteiger partial charge in [-0.2, -0.15) is 0 Å². The van der Waals surface area contributed by atoms with E-state index < -0.39 is 23.6 Å². The van der Waals surface area contributed by atoms with Gasteiger partial charge < -0.3 is 14.6 Å². The number of carboxylic acids is 1. The Balaban J connectivity index is 1.08. The van der Waals surface area contributed by atoms with Gasteiger partial charge in [0.15, 0.2) is 0 Å². The predicted octanol–water partition coefficient (Wildman–Crippen LogP) is 10.4. The molecule has 6 aromatic rings. The number of nitrogens with one attached hydrogen (secondary N) is 2. The highest BCUT2D eigenvalue weighted by Gasteiger charge is 2.30. The molecule has 0 aliphatic carbocycles. The molecule has 0 aliphatic heterocycles. The normalized spacial score (nSPS) is 10.9. The fourth-order valence-electron chi connectivity index (χ4n) is 5.85. The minimum atomic E-state index is -0.914. The zero-order valence-electron chi connectivity index (χ0n) is 27.9. The molecule has 0 saturated heterocycles. The van der Waals surface area contributed by atoms with Crippen LogP contribution in [0.4, 0.5) is 21.0 Å². The van der Waals surface area contributed by atoms with E-state index in [1.54, 1.807) is 24.3 Å². The molecule has 0 radical (unpaired) electrons. The Hall–Kier alpha value is -6.67. The third-order valence-electron chi connectivity index (χ3n) is 8.72. The fraction of sp³-hybridized carbons (Fsp3) is 0.0930. The molecule has 0 aliphatic rings. The average Bonchev–Trinajstić information content (AvgIpc) is 3.15. The van der Waals surface area contributed by atoms with Crippen molar-refractivity contribution in [3.63, 3.8) is 0 Å². The maximum absolute atomic E-state index is 12.7. The van der Waals surface area contributed by atoms with Crippen molar-refractivity contribution in [1.29, 1.82) is 0 Å². The van der Waals surface area contributed by atoms with Gasteiger partial charge in [-0.15, -0.1) is 0 Å². The van der Waals surface area contributed by atoms with Gasteiger partial charge in [-0.3, -0.25) is 15.4 Å². The lowest BCUT2D eigenvalue weighted by atomic mass is 9.73. The van der Waals surface area contributed by atoms with Crippen LogP contribution in [0.1, 0.15) is 30.9 Å². The molecule has 8 nitrogen and oxygen atoms in total. The van der Waals surface area contributed by atoms with E-state index in [0.717, 1.165) is 33.4 Å². The van der Waals surface area contributed by atoms with Gasteiger partial charge in [0, 0.05) is 23.2 Å². The van der Waals surface area contributed by atoms with Crippen LogP contribution in [0, 0.1) is 0 Å². The number of carbonyl (C=O) groups excluding carboxylic acids is 2. The fourth-order valence-corrected chi connectivity index (χ4v) is 5.85. The van der Waals surface area contributed by atoms with E-state index in [1.807, 2.05) is 140 Å². The number of ether oxygens (including phenoxy) is 2. The summed E-state index contributed by atoms with van der Waals surface area (Å²) in [6.45, 7) is 1.96. The molecule has 0 fully saturated rings. The largest absolute Gasteiger partial charge is 0.481 e. The first-order valence-corrected chi connectivity index (χ1v) is 16.5. The molecule has 0 aromatic heterocycles. The molecule has 0 bridgehead atoms. The van der Waals surface area contributed by atoms with Gasteiger partial charge in [0.2, 0.25) is 0 Å². The molecule has 3 N–H and O–H groups in total. The Morgan fingerprint density at radius 1 is 0.510 bits per heavy atom. The molecule has 51 heavy (non-hydrogen) atoms. The molecule has 0 atom stereocenters. The second-order valence-corrected chi connectivity index (χ2v) is 12.2. The first kappa shape index (κ1) is 34.2. The van der Waals surface area contributed by atoms with Gasteiger partial charge in [0.1, 0.15) is 11.5 Å². The SMILES string of the molecule is CC(CCC(=O)O)(c1ccc(OC(=O)Nc2ccc(-c3ccccc3)cc2)cc1)c1ccc(OC(=O)Nc2ccc(-c3ccccc3)cc2)cc1. The van der Waals surface area contributed by atoms with Gasteiger partial charge in [-0.25, -0.2) is 9.59 Å². The van der Waals surface area contributed by atoms with Crippen molar-refractivity contribution in [2.24, 2.45) is 0 Å². The molecule has 0 saturated carbocycles. The summed E-state index contributed by atoms with van der Waals surface area (Å²) in [5, 5.41) is 15.0. The minimum absolute atomic E-state index is 0.0655. The van der Waals surface area contributed by atoms with Crippen LogP contribution in [0.15, 0.2) is 158 Å². The van der Waals surface area contributed by atoms with Gasteiger partial charge >= 0.3 is 18.2 Å². The summed E-state index contributed by atoms with van der Waals surface area (Å²) in [5.74, 6) is -0.243. The zero-order valence-corrected chi connectivity index (χ0v) is 27.9. The van der Waals surface area contributed by atoms with Crippen molar-refractivity contribution in [2.45, 2.75) is 25.2 Å². The van der Waals surface area contributed by atoms with Gasteiger partial charge in [-0.1, -0.05) is 116 Å². The second-order valence-electron chi connectivity index (χ2n) is 12.2. The highest BCUT2D eigenvalue weighted by atomic mass is 16.6. The third-order valence-corrected chi connectivity index (χ3v) is 8.72. The topological polar surface area (TPSA) is 114 Å². The van der Waals surface area contributed by atoms with E-state index in [2.05, 4.69) is 10.6 Å². The maximum Gasteiger partial charge on any atom is 0.417 e. The number of carboxylic acid groups (broad SMARTS) is 1. The first-order chi connectivity index (χ1) is 24.7. The summed E-state index contributed by atoms with van der Waals surface area (Å²) < 4.78 is 11.1. The Morgan fingerprint density at radius 2 is 0.863 bits per heavy atom. The van der Waals surface area contributed by atoms with Crippen LogP contribution in [0.25, 0.3) is 22.3 Å². The van der Waals surface area contributed by atoms with Crippen molar-refractivity contribution in [1.82, 2.24) is 0 Å². The second kappa shape index (κ2) is 15.7. The van der Waals surface area contributed by atoms with Crippen molar-refractivity contribution < 1.29 is 29.0 Å². The quantitative estimate of drug-likeness (QED) is 0.126. The molecular weight excluding hydrogens is 640 g/mol. The van der Waals surface area contributed by atoms with Crippen LogP contribution in [0.5, 0.6) is 11.5 Å². The molecule has 0 heterocycles. The zero-order chi connectivity index (χ0) is 35.6. The summed E-state index contributed by atoms with van der Waals surface area (Å²) in [6, 6.07) is 48.9. The molecular formula is C43H36N2O6. The minimum Gasteiger partial charge on any atom is -0.481 e. The Kier molecular flexibility index (Phi) is 10.5. The van der Waals surface area contributed by atoms with Crippen LogP contribution in [0.3, 0.4) is 0 Å². The summed E-state index contributed by atoms with van der Waals surface area (Å²) in [6.07, 6.45) is -1.02. The van der Waals surface area contributed by atoms with Crippen molar-refractivity contribution in [3.8, 4) is 33.8 Å². The number of rotatable bonds is 11. The Labute approximate surface area is 296 Å². The van der Waals surface area contributed by atoms with Crippen molar-refractivity contribution in [3.05, 3.63) is 169 Å².